The maximum atomic E-state index is 12.7. The van der Waals surface area contributed by atoms with Crippen LogP contribution in [0.1, 0.15) is 15.9 Å². The first-order valence-corrected chi connectivity index (χ1v) is 10.6. The third-order valence-electron chi connectivity index (χ3n) is 4.36. The van der Waals surface area contributed by atoms with E-state index in [1.54, 1.807) is 49.6 Å². The Morgan fingerprint density at radius 2 is 1.47 bits per heavy atom. The number of benzene rings is 3. The average Bonchev–Trinajstić information content (AvgIpc) is 2.78. The Hall–Kier alpha value is -3.52. The van der Waals surface area contributed by atoms with Gasteiger partial charge in [-0.3, -0.25) is 9.52 Å². The molecule has 7 nitrogen and oxygen atoms in total. The van der Waals surface area contributed by atoms with Crippen LogP contribution in [0.3, 0.4) is 0 Å². The highest BCUT2D eigenvalue weighted by Gasteiger charge is 2.16. The summed E-state index contributed by atoms with van der Waals surface area (Å²) in [5.74, 6) is 0.980. The molecular weight excluding hydrogens is 404 g/mol. The second-order valence-corrected chi connectivity index (χ2v) is 8.07. The molecular formula is C22H22N2O5S. The largest absolute Gasteiger partial charge is 0.497 e. The van der Waals surface area contributed by atoms with Gasteiger partial charge in [0.15, 0.2) is 0 Å². The third kappa shape index (κ3) is 5.30. The summed E-state index contributed by atoms with van der Waals surface area (Å²) < 4.78 is 38.0. The van der Waals surface area contributed by atoms with E-state index in [0.717, 1.165) is 11.3 Å². The lowest BCUT2D eigenvalue weighted by atomic mass is 10.2. The number of amides is 1. The number of nitrogens with one attached hydrogen (secondary N) is 2. The molecule has 0 aliphatic heterocycles. The van der Waals surface area contributed by atoms with Gasteiger partial charge < -0.3 is 14.8 Å². The zero-order valence-corrected chi connectivity index (χ0v) is 17.4. The minimum Gasteiger partial charge on any atom is -0.497 e. The molecule has 0 radical (unpaired) electrons. The van der Waals surface area contributed by atoms with Crippen LogP contribution in [0.15, 0.2) is 77.7 Å². The van der Waals surface area contributed by atoms with Gasteiger partial charge >= 0.3 is 0 Å². The molecule has 30 heavy (non-hydrogen) atoms. The molecule has 3 rings (SSSR count). The molecule has 2 N–H and O–H groups in total. The van der Waals surface area contributed by atoms with Crippen molar-refractivity contribution in [3.63, 3.8) is 0 Å². The molecule has 0 atom stereocenters. The molecule has 0 heterocycles. The molecule has 0 saturated carbocycles. The number of hydrogen-bond acceptors (Lipinski definition) is 5. The summed E-state index contributed by atoms with van der Waals surface area (Å²) in [6, 6.07) is 19.7. The van der Waals surface area contributed by atoms with Crippen molar-refractivity contribution >= 4 is 21.6 Å². The number of methoxy groups -OCH3 is 2. The van der Waals surface area contributed by atoms with Crippen LogP contribution in [-0.2, 0) is 16.6 Å². The predicted octanol–water partition coefficient (Wildman–Crippen LogP) is 3.43. The number of sulfonamides is 1. The number of hydrogen-bond donors (Lipinski definition) is 2. The minimum atomic E-state index is -3.85. The van der Waals surface area contributed by atoms with Gasteiger partial charge in [0.1, 0.15) is 11.5 Å². The van der Waals surface area contributed by atoms with Crippen LogP contribution in [-0.4, -0.2) is 28.5 Å². The van der Waals surface area contributed by atoms with Gasteiger partial charge in [0.05, 0.1) is 19.1 Å². The van der Waals surface area contributed by atoms with E-state index in [2.05, 4.69) is 10.0 Å². The highest BCUT2D eigenvalue weighted by atomic mass is 32.2. The molecule has 3 aromatic rings. The standard InChI is InChI=1S/C22H22N2O5S/c1-28-19-10-6-16(7-11-19)15-23-22(25)17-4-3-5-21(14-17)30(26,27)24-18-8-12-20(29-2)13-9-18/h3-14,24H,15H2,1-2H3,(H,23,25). The fraction of sp³-hybridized carbons (Fsp3) is 0.136. The Kier molecular flexibility index (Phi) is 6.58. The molecule has 1 amide bonds. The number of anilines is 1. The second kappa shape index (κ2) is 9.32. The van der Waals surface area contributed by atoms with Gasteiger partial charge in [-0.15, -0.1) is 0 Å². The summed E-state index contributed by atoms with van der Waals surface area (Å²) in [6.07, 6.45) is 0. The van der Waals surface area contributed by atoms with Gasteiger partial charge in [-0.05, 0) is 60.2 Å². The zero-order valence-electron chi connectivity index (χ0n) is 16.6. The van der Waals surface area contributed by atoms with Gasteiger partial charge in [0, 0.05) is 17.8 Å². The molecule has 156 valence electrons. The maximum absolute atomic E-state index is 12.7. The van der Waals surface area contributed by atoms with Crippen molar-refractivity contribution < 1.29 is 22.7 Å². The molecule has 0 saturated heterocycles. The first-order valence-electron chi connectivity index (χ1n) is 9.09. The van der Waals surface area contributed by atoms with Crippen molar-refractivity contribution in [1.82, 2.24) is 5.32 Å². The Bertz CT molecular complexity index is 1110. The Balaban J connectivity index is 1.69. The zero-order chi connectivity index (χ0) is 21.6. The average molecular weight is 426 g/mol. The normalized spacial score (nSPS) is 10.9. The summed E-state index contributed by atoms with van der Waals surface area (Å²) in [5.41, 5.74) is 1.54. The summed E-state index contributed by atoms with van der Waals surface area (Å²) in [7, 11) is -0.732. The van der Waals surface area contributed by atoms with Gasteiger partial charge in [0.2, 0.25) is 0 Å². The van der Waals surface area contributed by atoms with Crippen LogP contribution in [0, 0.1) is 0 Å². The van der Waals surface area contributed by atoms with Crippen LogP contribution < -0.4 is 19.5 Å². The first kappa shape index (κ1) is 21.2. The topological polar surface area (TPSA) is 93.7 Å². The number of rotatable bonds is 8. The molecule has 0 unspecified atom stereocenters. The molecule has 8 heteroatoms. The van der Waals surface area contributed by atoms with Crippen molar-refractivity contribution in [1.29, 1.82) is 0 Å². The molecule has 0 aliphatic carbocycles. The van der Waals surface area contributed by atoms with Gasteiger partial charge in [-0.2, -0.15) is 0 Å². The van der Waals surface area contributed by atoms with Crippen molar-refractivity contribution in [2.75, 3.05) is 18.9 Å². The molecule has 0 aliphatic rings. The van der Waals surface area contributed by atoms with Crippen LogP contribution >= 0.6 is 0 Å². The van der Waals surface area contributed by atoms with Gasteiger partial charge in [0.25, 0.3) is 15.9 Å². The fourth-order valence-corrected chi connectivity index (χ4v) is 3.81. The van der Waals surface area contributed by atoms with Gasteiger partial charge in [-0.1, -0.05) is 18.2 Å². The Morgan fingerprint density at radius 3 is 2.07 bits per heavy atom. The lowest BCUT2D eigenvalue weighted by Gasteiger charge is -2.10. The van der Waals surface area contributed by atoms with Gasteiger partial charge in [-0.25, -0.2) is 8.42 Å². The molecule has 0 fully saturated rings. The first-order chi connectivity index (χ1) is 14.4. The van der Waals surface area contributed by atoms with Crippen LogP contribution in [0.2, 0.25) is 0 Å². The molecule has 0 aromatic heterocycles. The Morgan fingerprint density at radius 1 is 0.867 bits per heavy atom. The second-order valence-electron chi connectivity index (χ2n) is 6.39. The highest BCUT2D eigenvalue weighted by molar-refractivity contribution is 7.92. The number of carbonyl (C=O) groups excluding carboxylic acids is 1. The highest BCUT2D eigenvalue weighted by Crippen LogP contribution is 2.20. The maximum Gasteiger partial charge on any atom is 0.261 e. The lowest BCUT2D eigenvalue weighted by Crippen LogP contribution is -2.23. The molecule has 0 spiro atoms. The van der Waals surface area contributed by atoms with E-state index in [1.807, 2.05) is 12.1 Å². The summed E-state index contributed by atoms with van der Waals surface area (Å²) >= 11 is 0. The van der Waals surface area contributed by atoms with Crippen molar-refractivity contribution in [3.8, 4) is 11.5 Å². The van der Waals surface area contributed by atoms with Crippen LogP contribution in [0.5, 0.6) is 11.5 Å². The van der Waals surface area contributed by atoms with E-state index < -0.39 is 10.0 Å². The number of ether oxygens (including phenoxy) is 2. The van der Waals surface area contributed by atoms with E-state index >= 15 is 0 Å². The summed E-state index contributed by atoms with van der Waals surface area (Å²) in [5, 5.41) is 2.78. The van der Waals surface area contributed by atoms with E-state index in [4.69, 9.17) is 9.47 Å². The van der Waals surface area contributed by atoms with Crippen molar-refractivity contribution in [2.24, 2.45) is 0 Å². The van der Waals surface area contributed by atoms with Crippen molar-refractivity contribution in [3.05, 3.63) is 83.9 Å². The fourth-order valence-electron chi connectivity index (χ4n) is 2.71. The van der Waals surface area contributed by atoms with E-state index in [9.17, 15) is 13.2 Å². The minimum absolute atomic E-state index is 0.00424. The van der Waals surface area contributed by atoms with Crippen LogP contribution in [0.25, 0.3) is 0 Å². The Labute approximate surface area is 175 Å². The van der Waals surface area contributed by atoms with E-state index in [1.165, 1.54) is 25.3 Å². The quantitative estimate of drug-likeness (QED) is 0.576. The predicted molar refractivity (Wildman–Crippen MR) is 114 cm³/mol. The SMILES string of the molecule is COc1ccc(CNC(=O)c2cccc(S(=O)(=O)Nc3ccc(OC)cc3)c2)cc1. The van der Waals surface area contributed by atoms with Crippen molar-refractivity contribution in [2.45, 2.75) is 11.4 Å². The number of carbonyl (C=O) groups is 1. The van der Waals surface area contributed by atoms with E-state index in [0.29, 0.717) is 18.0 Å². The van der Waals surface area contributed by atoms with E-state index in [-0.39, 0.29) is 16.4 Å². The van der Waals surface area contributed by atoms with Crippen LogP contribution in [0.4, 0.5) is 5.69 Å². The summed E-state index contributed by atoms with van der Waals surface area (Å²) in [4.78, 5) is 12.5. The molecule has 3 aromatic carbocycles. The molecule has 0 bridgehead atoms. The smallest absolute Gasteiger partial charge is 0.261 e. The summed E-state index contributed by atoms with van der Waals surface area (Å²) in [6.45, 7) is 0.309. The lowest BCUT2D eigenvalue weighted by molar-refractivity contribution is 0.0950. The monoisotopic (exact) mass is 426 g/mol. The third-order valence-corrected chi connectivity index (χ3v) is 5.74.